The van der Waals surface area contributed by atoms with Crippen LogP contribution < -0.4 is 19.5 Å². The maximum Gasteiger partial charge on any atom is 0.166 e. The highest BCUT2D eigenvalue weighted by Gasteiger charge is 2.19. The standard InChI is InChI=1S/C21H27NO3/c1-15(2)25-21-18(8-6-10-20(21)23-3)13-22-12-16-11-17-7-4-5-9-19(17)24-14-16/h4-10,15-16,22H,11-14H2,1-3H3. The summed E-state index contributed by atoms with van der Waals surface area (Å²) in [6, 6.07) is 14.3. The summed E-state index contributed by atoms with van der Waals surface area (Å²) in [7, 11) is 1.68. The summed E-state index contributed by atoms with van der Waals surface area (Å²) in [5.74, 6) is 3.12. The molecule has 1 unspecified atom stereocenters. The molecule has 0 aromatic heterocycles. The van der Waals surface area contributed by atoms with E-state index in [0.29, 0.717) is 5.92 Å². The summed E-state index contributed by atoms with van der Waals surface area (Å²) in [5, 5.41) is 3.55. The van der Waals surface area contributed by atoms with Crippen molar-refractivity contribution in [2.24, 2.45) is 5.92 Å². The highest BCUT2D eigenvalue weighted by molar-refractivity contribution is 5.46. The number of hydrogen-bond donors (Lipinski definition) is 1. The Labute approximate surface area is 150 Å². The fourth-order valence-electron chi connectivity index (χ4n) is 3.16. The Bertz CT molecular complexity index is 699. The quantitative estimate of drug-likeness (QED) is 0.831. The van der Waals surface area contributed by atoms with E-state index in [-0.39, 0.29) is 6.10 Å². The number of methoxy groups -OCH3 is 1. The Balaban J connectivity index is 1.59. The number of benzene rings is 2. The largest absolute Gasteiger partial charge is 0.493 e. The lowest BCUT2D eigenvalue weighted by Gasteiger charge is -2.25. The van der Waals surface area contributed by atoms with Gasteiger partial charge in [0.1, 0.15) is 5.75 Å². The first-order valence-electron chi connectivity index (χ1n) is 8.91. The van der Waals surface area contributed by atoms with Crippen LogP contribution >= 0.6 is 0 Å². The molecule has 4 heteroatoms. The van der Waals surface area contributed by atoms with Crippen molar-refractivity contribution in [3.05, 3.63) is 53.6 Å². The Morgan fingerprint density at radius 3 is 2.80 bits per heavy atom. The van der Waals surface area contributed by atoms with Gasteiger partial charge in [0, 0.05) is 24.6 Å². The van der Waals surface area contributed by atoms with E-state index in [4.69, 9.17) is 14.2 Å². The third-order valence-corrected chi connectivity index (χ3v) is 4.34. The summed E-state index contributed by atoms with van der Waals surface area (Å²) in [6.07, 6.45) is 1.16. The molecule has 1 aliphatic rings. The van der Waals surface area contributed by atoms with Crippen LogP contribution in [0.25, 0.3) is 0 Å². The van der Waals surface area contributed by atoms with Gasteiger partial charge >= 0.3 is 0 Å². The molecule has 2 aromatic rings. The zero-order valence-corrected chi connectivity index (χ0v) is 15.2. The first-order chi connectivity index (χ1) is 12.2. The molecule has 134 valence electrons. The van der Waals surface area contributed by atoms with Crippen molar-refractivity contribution in [3.8, 4) is 17.2 Å². The lowest BCUT2D eigenvalue weighted by atomic mass is 9.96. The predicted molar refractivity (Wildman–Crippen MR) is 99.6 cm³/mol. The van der Waals surface area contributed by atoms with Gasteiger partial charge in [-0.2, -0.15) is 0 Å². The molecule has 0 aliphatic carbocycles. The monoisotopic (exact) mass is 341 g/mol. The van der Waals surface area contributed by atoms with Crippen LogP contribution in [0.3, 0.4) is 0 Å². The summed E-state index contributed by atoms with van der Waals surface area (Å²) in [6.45, 7) is 6.47. The topological polar surface area (TPSA) is 39.7 Å². The van der Waals surface area contributed by atoms with Crippen LogP contribution in [0, 0.1) is 5.92 Å². The van der Waals surface area contributed by atoms with Crippen molar-refractivity contribution in [3.63, 3.8) is 0 Å². The minimum Gasteiger partial charge on any atom is -0.493 e. The summed E-state index contributed by atoms with van der Waals surface area (Å²) < 4.78 is 17.3. The number of rotatable bonds is 7. The number of hydrogen-bond acceptors (Lipinski definition) is 4. The summed E-state index contributed by atoms with van der Waals surface area (Å²) in [5.41, 5.74) is 2.41. The number of nitrogens with one attached hydrogen (secondary N) is 1. The van der Waals surface area contributed by atoms with Gasteiger partial charge in [-0.15, -0.1) is 0 Å². The van der Waals surface area contributed by atoms with Crippen LogP contribution in [0.2, 0.25) is 0 Å². The maximum absolute atomic E-state index is 5.97. The Morgan fingerprint density at radius 1 is 1.16 bits per heavy atom. The van der Waals surface area contributed by atoms with E-state index in [9.17, 15) is 0 Å². The van der Waals surface area contributed by atoms with Crippen molar-refractivity contribution >= 4 is 0 Å². The highest BCUT2D eigenvalue weighted by atomic mass is 16.5. The van der Waals surface area contributed by atoms with Crippen molar-refractivity contribution in [2.45, 2.75) is 32.9 Å². The minimum absolute atomic E-state index is 0.110. The first-order valence-corrected chi connectivity index (χ1v) is 8.91. The fourth-order valence-corrected chi connectivity index (χ4v) is 3.16. The van der Waals surface area contributed by atoms with Crippen LogP contribution in [0.1, 0.15) is 25.0 Å². The zero-order chi connectivity index (χ0) is 17.6. The van der Waals surface area contributed by atoms with Gasteiger partial charge in [0.15, 0.2) is 11.5 Å². The van der Waals surface area contributed by atoms with E-state index in [2.05, 4.69) is 23.5 Å². The maximum atomic E-state index is 5.97. The van der Waals surface area contributed by atoms with E-state index in [1.165, 1.54) is 5.56 Å². The zero-order valence-electron chi connectivity index (χ0n) is 15.2. The molecule has 25 heavy (non-hydrogen) atoms. The van der Waals surface area contributed by atoms with E-state index < -0.39 is 0 Å². The summed E-state index contributed by atoms with van der Waals surface area (Å²) in [4.78, 5) is 0. The third kappa shape index (κ3) is 4.45. The normalized spacial score (nSPS) is 16.2. The molecule has 4 nitrogen and oxygen atoms in total. The Kier molecular flexibility index (Phi) is 5.82. The molecule has 1 atom stereocenters. The van der Waals surface area contributed by atoms with Crippen molar-refractivity contribution in [1.29, 1.82) is 0 Å². The highest BCUT2D eigenvalue weighted by Crippen LogP contribution is 2.32. The smallest absolute Gasteiger partial charge is 0.166 e. The van der Waals surface area contributed by atoms with Gasteiger partial charge in [0.05, 0.1) is 19.8 Å². The molecule has 1 heterocycles. The van der Waals surface area contributed by atoms with Crippen LogP contribution in [0.5, 0.6) is 17.2 Å². The second-order valence-electron chi connectivity index (χ2n) is 6.73. The molecule has 2 aromatic carbocycles. The SMILES string of the molecule is COc1cccc(CNCC2COc3ccccc3C2)c1OC(C)C. The molecular formula is C21H27NO3. The molecule has 1 N–H and O–H groups in total. The number of para-hydroxylation sites is 2. The third-order valence-electron chi connectivity index (χ3n) is 4.34. The molecule has 0 saturated carbocycles. The van der Waals surface area contributed by atoms with Crippen LogP contribution in [0.4, 0.5) is 0 Å². The number of ether oxygens (including phenoxy) is 3. The van der Waals surface area contributed by atoms with Gasteiger partial charge in [-0.25, -0.2) is 0 Å². The molecule has 0 amide bonds. The summed E-state index contributed by atoms with van der Waals surface area (Å²) >= 11 is 0. The predicted octanol–water partition coefficient (Wildman–Crippen LogP) is 3.82. The van der Waals surface area contributed by atoms with Crippen molar-refractivity contribution in [2.75, 3.05) is 20.3 Å². The Hall–Kier alpha value is -2.20. The molecule has 0 radical (unpaired) electrons. The molecule has 0 fully saturated rings. The van der Waals surface area contributed by atoms with E-state index in [1.807, 2.05) is 38.1 Å². The van der Waals surface area contributed by atoms with Crippen LogP contribution in [-0.4, -0.2) is 26.4 Å². The van der Waals surface area contributed by atoms with Crippen LogP contribution in [0.15, 0.2) is 42.5 Å². The van der Waals surface area contributed by atoms with Gasteiger partial charge in [-0.05, 0) is 38.0 Å². The van der Waals surface area contributed by atoms with Crippen molar-refractivity contribution < 1.29 is 14.2 Å². The Morgan fingerprint density at radius 2 is 2.00 bits per heavy atom. The van der Waals surface area contributed by atoms with Crippen molar-refractivity contribution in [1.82, 2.24) is 5.32 Å². The average molecular weight is 341 g/mol. The lowest BCUT2D eigenvalue weighted by molar-refractivity contribution is 0.216. The molecule has 0 bridgehead atoms. The first kappa shape index (κ1) is 17.6. The second kappa shape index (κ2) is 8.26. The molecular weight excluding hydrogens is 314 g/mol. The molecule has 1 aliphatic heterocycles. The molecule has 0 saturated heterocycles. The van der Waals surface area contributed by atoms with E-state index >= 15 is 0 Å². The van der Waals surface area contributed by atoms with Gasteiger partial charge < -0.3 is 19.5 Å². The van der Waals surface area contributed by atoms with E-state index in [0.717, 1.165) is 48.9 Å². The van der Waals surface area contributed by atoms with Gasteiger partial charge in [0.2, 0.25) is 0 Å². The second-order valence-corrected chi connectivity index (χ2v) is 6.73. The van der Waals surface area contributed by atoms with E-state index in [1.54, 1.807) is 7.11 Å². The molecule has 0 spiro atoms. The number of fused-ring (bicyclic) bond motifs is 1. The lowest BCUT2D eigenvalue weighted by Crippen LogP contribution is -2.31. The fraction of sp³-hybridized carbons (Fsp3) is 0.429. The molecule has 3 rings (SSSR count). The minimum atomic E-state index is 0.110. The average Bonchev–Trinajstić information content (AvgIpc) is 2.62. The van der Waals surface area contributed by atoms with Gasteiger partial charge in [-0.1, -0.05) is 30.3 Å². The van der Waals surface area contributed by atoms with Gasteiger partial charge in [-0.3, -0.25) is 0 Å². The van der Waals surface area contributed by atoms with Crippen LogP contribution in [-0.2, 0) is 13.0 Å². The van der Waals surface area contributed by atoms with Gasteiger partial charge in [0.25, 0.3) is 0 Å².